The average molecular weight is 347 g/mol. The van der Waals surface area contributed by atoms with Gasteiger partial charge in [-0.25, -0.2) is 0 Å². The van der Waals surface area contributed by atoms with E-state index in [-0.39, 0.29) is 6.10 Å². The summed E-state index contributed by atoms with van der Waals surface area (Å²) in [5.74, 6) is 5.13. The van der Waals surface area contributed by atoms with Gasteiger partial charge in [0.1, 0.15) is 0 Å². The third-order valence-corrected chi connectivity index (χ3v) is 9.00. The van der Waals surface area contributed by atoms with Crippen LogP contribution in [0.5, 0.6) is 0 Å². The van der Waals surface area contributed by atoms with E-state index < -0.39 is 0 Å². The normalized spacial score (nSPS) is 47.4. The van der Waals surface area contributed by atoms with E-state index in [9.17, 15) is 10.2 Å². The van der Waals surface area contributed by atoms with Crippen LogP contribution in [0.2, 0.25) is 0 Å². The third kappa shape index (κ3) is 3.02. The Bertz CT molecular complexity index is 512. The number of fused-ring (bicyclic) bond motifs is 5. The van der Waals surface area contributed by atoms with Gasteiger partial charge < -0.3 is 10.2 Å². The molecule has 0 aliphatic heterocycles. The highest BCUT2D eigenvalue weighted by Gasteiger charge is 2.56. The van der Waals surface area contributed by atoms with Gasteiger partial charge in [0.15, 0.2) is 0 Å². The molecule has 0 radical (unpaired) electrons. The molecule has 0 aromatic carbocycles. The van der Waals surface area contributed by atoms with Crippen LogP contribution in [0.1, 0.15) is 78.1 Å². The van der Waals surface area contributed by atoms with Crippen molar-refractivity contribution >= 4 is 0 Å². The Balaban J connectivity index is 1.52. The number of hydrogen-bond acceptors (Lipinski definition) is 2. The highest BCUT2D eigenvalue weighted by atomic mass is 16.3. The first-order valence-corrected chi connectivity index (χ1v) is 11.0. The molecule has 4 aliphatic rings. The number of aliphatic hydroxyl groups is 2. The molecule has 0 heterocycles. The summed E-state index contributed by atoms with van der Waals surface area (Å²) < 4.78 is 0. The lowest BCUT2D eigenvalue weighted by molar-refractivity contribution is -0.0296. The van der Waals surface area contributed by atoms with Crippen LogP contribution < -0.4 is 0 Å². The van der Waals surface area contributed by atoms with Crippen LogP contribution in [0.3, 0.4) is 0 Å². The van der Waals surface area contributed by atoms with E-state index in [0.717, 1.165) is 54.8 Å². The Morgan fingerprint density at radius 1 is 1.16 bits per heavy atom. The van der Waals surface area contributed by atoms with E-state index >= 15 is 0 Å². The molecule has 142 valence electrons. The van der Waals surface area contributed by atoms with E-state index in [2.05, 4.69) is 19.9 Å². The summed E-state index contributed by atoms with van der Waals surface area (Å²) in [5, 5.41) is 19.3. The van der Waals surface area contributed by atoms with Crippen molar-refractivity contribution in [2.75, 3.05) is 6.61 Å². The van der Waals surface area contributed by atoms with Crippen LogP contribution in [0.15, 0.2) is 11.6 Å². The van der Waals surface area contributed by atoms with Gasteiger partial charge >= 0.3 is 0 Å². The number of hydrogen-bond donors (Lipinski definition) is 2. The van der Waals surface area contributed by atoms with Gasteiger partial charge in [0.2, 0.25) is 0 Å². The molecule has 3 saturated carbocycles. The highest BCUT2D eigenvalue weighted by Crippen LogP contribution is 2.64. The Hall–Kier alpha value is -0.340. The Kier molecular flexibility index (Phi) is 5.05. The van der Waals surface area contributed by atoms with Crippen LogP contribution in [0.25, 0.3) is 0 Å². The minimum Gasteiger partial charge on any atom is -0.396 e. The molecule has 25 heavy (non-hydrogen) atoms. The summed E-state index contributed by atoms with van der Waals surface area (Å²) >= 11 is 0. The number of aliphatic hydroxyl groups excluding tert-OH is 2. The second-order valence-electron chi connectivity index (χ2n) is 10.1. The maximum atomic E-state index is 10.0. The van der Waals surface area contributed by atoms with Crippen molar-refractivity contribution < 1.29 is 10.2 Å². The standard InChI is InChI=1S/C23H38O2/c1-15(4-3-13-24)21-9-10-22-20-7-5-16-14-17(25)6-8-18(16)19(20)11-12-23(21,22)2/h5,15,17-22,24-25H,3-4,6-14H2,1-2H3/t15-,17+,18+,19?,20?,21-,22?,23-/m1/s1. The minimum absolute atomic E-state index is 0.0730. The fourth-order valence-electron chi connectivity index (χ4n) is 7.84. The largest absolute Gasteiger partial charge is 0.396 e. The molecule has 0 amide bonds. The Morgan fingerprint density at radius 2 is 2.00 bits per heavy atom. The lowest BCUT2D eigenvalue weighted by Gasteiger charge is -2.54. The molecule has 4 rings (SSSR count). The molecule has 3 unspecified atom stereocenters. The van der Waals surface area contributed by atoms with Crippen molar-refractivity contribution in [3.05, 3.63) is 11.6 Å². The summed E-state index contributed by atoms with van der Waals surface area (Å²) in [6, 6.07) is 0. The summed E-state index contributed by atoms with van der Waals surface area (Å²) in [6.07, 6.45) is 14.8. The second-order valence-corrected chi connectivity index (χ2v) is 10.1. The molecule has 3 fully saturated rings. The summed E-state index contributed by atoms with van der Waals surface area (Å²) in [7, 11) is 0. The first-order chi connectivity index (χ1) is 12.0. The molecule has 0 saturated heterocycles. The average Bonchev–Trinajstić information content (AvgIpc) is 2.96. The van der Waals surface area contributed by atoms with Gasteiger partial charge in [-0.2, -0.15) is 0 Å². The maximum Gasteiger partial charge on any atom is 0.0577 e. The molecule has 0 aromatic heterocycles. The van der Waals surface area contributed by atoms with Crippen molar-refractivity contribution in [1.82, 2.24) is 0 Å². The predicted octanol–water partition coefficient (Wildman–Crippen LogP) is 4.94. The molecular weight excluding hydrogens is 308 g/mol. The minimum atomic E-state index is -0.0730. The van der Waals surface area contributed by atoms with Crippen molar-refractivity contribution in [2.45, 2.75) is 84.2 Å². The fraction of sp³-hybridized carbons (Fsp3) is 0.913. The summed E-state index contributed by atoms with van der Waals surface area (Å²) in [6.45, 7) is 5.41. The monoisotopic (exact) mass is 346 g/mol. The van der Waals surface area contributed by atoms with E-state index in [0.29, 0.717) is 12.0 Å². The number of allylic oxidation sites excluding steroid dienone is 1. The zero-order chi connectivity index (χ0) is 17.6. The predicted molar refractivity (Wildman–Crippen MR) is 102 cm³/mol. The Labute approximate surface area is 154 Å². The van der Waals surface area contributed by atoms with E-state index in [1.165, 1.54) is 44.9 Å². The van der Waals surface area contributed by atoms with Crippen LogP contribution >= 0.6 is 0 Å². The molecule has 0 aromatic rings. The summed E-state index contributed by atoms with van der Waals surface area (Å²) in [4.78, 5) is 0. The third-order valence-electron chi connectivity index (χ3n) is 9.00. The van der Waals surface area contributed by atoms with Gasteiger partial charge in [-0.1, -0.05) is 25.5 Å². The lowest BCUT2D eigenvalue weighted by Crippen LogP contribution is -2.47. The molecular formula is C23H38O2. The van der Waals surface area contributed by atoms with Crippen molar-refractivity contribution in [2.24, 2.45) is 40.9 Å². The number of rotatable bonds is 4. The molecule has 8 atom stereocenters. The van der Waals surface area contributed by atoms with Gasteiger partial charge in [0.05, 0.1) is 6.10 Å². The molecule has 0 spiro atoms. The van der Waals surface area contributed by atoms with Gasteiger partial charge in [-0.15, -0.1) is 0 Å². The topological polar surface area (TPSA) is 40.5 Å². The van der Waals surface area contributed by atoms with Gasteiger partial charge in [0.25, 0.3) is 0 Å². The molecule has 0 bridgehead atoms. The lowest BCUT2D eigenvalue weighted by atomic mass is 9.51. The van der Waals surface area contributed by atoms with Crippen LogP contribution in [-0.2, 0) is 0 Å². The van der Waals surface area contributed by atoms with E-state index in [4.69, 9.17) is 0 Å². The zero-order valence-electron chi connectivity index (χ0n) is 16.3. The van der Waals surface area contributed by atoms with Crippen LogP contribution in [-0.4, -0.2) is 22.9 Å². The molecule has 2 N–H and O–H groups in total. The molecule has 2 nitrogen and oxygen atoms in total. The van der Waals surface area contributed by atoms with Gasteiger partial charge in [0, 0.05) is 6.61 Å². The van der Waals surface area contributed by atoms with Gasteiger partial charge in [-0.3, -0.25) is 0 Å². The SMILES string of the molecule is C[C@H](CCCO)[C@H]1CCC2C3CC=C4C[C@@H](O)CC[C@@H]4C3CC[C@@]21C. The van der Waals surface area contributed by atoms with Crippen molar-refractivity contribution in [1.29, 1.82) is 0 Å². The zero-order valence-corrected chi connectivity index (χ0v) is 16.3. The first-order valence-electron chi connectivity index (χ1n) is 11.0. The smallest absolute Gasteiger partial charge is 0.0577 e. The highest BCUT2D eigenvalue weighted by molar-refractivity contribution is 5.20. The van der Waals surface area contributed by atoms with E-state index in [1.807, 2.05) is 0 Å². The molecule has 2 heteroatoms. The van der Waals surface area contributed by atoms with Crippen LogP contribution in [0, 0.1) is 40.9 Å². The Morgan fingerprint density at radius 3 is 2.80 bits per heavy atom. The first kappa shape index (κ1) is 18.0. The van der Waals surface area contributed by atoms with Crippen LogP contribution in [0.4, 0.5) is 0 Å². The quantitative estimate of drug-likeness (QED) is 0.708. The van der Waals surface area contributed by atoms with Crippen molar-refractivity contribution in [3.63, 3.8) is 0 Å². The van der Waals surface area contributed by atoms with Gasteiger partial charge in [-0.05, 0) is 105 Å². The summed E-state index contributed by atoms with van der Waals surface area (Å²) in [5.41, 5.74) is 2.14. The van der Waals surface area contributed by atoms with Crippen molar-refractivity contribution in [3.8, 4) is 0 Å². The van der Waals surface area contributed by atoms with E-state index in [1.54, 1.807) is 5.57 Å². The maximum absolute atomic E-state index is 10.0. The molecule has 4 aliphatic carbocycles. The fourth-order valence-corrected chi connectivity index (χ4v) is 7.84. The second kappa shape index (κ2) is 7.00.